The molecule has 0 amide bonds. The number of nitrogens with one attached hydrogen (secondary N) is 1. The van der Waals surface area contributed by atoms with Crippen LogP contribution < -0.4 is 4.72 Å². The van der Waals surface area contributed by atoms with E-state index in [1.807, 2.05) is 30.8 Å². The van der Waals surface area contributed by atoms with Crippen LogP contribution in [0, 0.1) is 6.92 Å². The summed E-state index contributed by atoms with van der Waals surface area (Å²) in [5.41, 5.74) is 1.05. The molecule has 1 unspecified atom stereocenters. The minimum atomic E-state index is -3.42. The molecule has 27 heavy (non-hydrogen) atoms. The predicted octanol–water partition coefficient (Wildman–Crippen LogP) is 6.17. The molecule has 2 rings (SSSR count). The highest BCUT2D eigenvalue weighted by Crippen LogP contribution is 2.30. The SMILES string of the molecule is CCCCC(CCCNS(=O)(=O)c1ccc(C)cc1)Sc1ccc(Br)cc1. The number of unbranched alkanes of at least 4 members (excludes halogenated alkanes) is 1. The number of sulfonamides is 1. The molecule has 0 aliphatic carbocycles. The Kier molecular flexibility index (Phi) is 9.36. The summed E-state index contributed by atoms with van der Waals surface area (Å²) in [4.78, 5) is 1.60. The van der Waals surface area contributed by atoms with Gasteiger partial charge in [-0.15, -0.1) is 11.8 Å². The highest BCUT2D eigenvalue weighted by Gasteiger charge is 2.14. The third kappa shape index (κ3) is 7.98. The average Bonchev–Trinajstić information content (AvgIpc) is 2.65. The van der Waals surface area contributed by atoms with E-state index >= 15 is 0 Å². The maximum Gasteiger partial charge on any atom is 0.240 e. The van der Waals surface area contributed by atoms with Crippen LogP contribution in [0.3, 0.4) is 0 Å². The number of rotatable bonds is 11. The molecule has 6 heteroatoms. The Labute approximate surface area is 176 Å². The number of hydrogen-bond acceptors (Lipinski definition) is 3. The van der Waals surface area contributed by atoms with Crippen LogP contribution in [-0.4, -0.2) is 20.2 Å². The van der Waals surface area contributed by atoms with Crippen molar-refractivity contribution in [3.8, 4) is 0 Å². The van der Waals surface area contributed by atoms with E-state index in [4.69, 9.17) is 0 Å². The van der Waals surface area contributed by atoms with Gasteiger partial charge < -0.3 is 0 Å². The Morgan fingerprint density at radius 1 is 1.00 bits per heavy atom. The normalized spacial score (nSPS) is 12.9. The van der Waals surface area contributed by atoms with Gasteiger partial charge in [-0.05, 0) is 62.6 Å². The number of benzene rings is 2. The fraction of sp³-hybridized carbons (Fsp3) is 0.429. The first-order chi connectivity index (χ1) is 12.9. The minimum Gasteiger partial charge on any atom is -0.211 e. The second-order valence-electron chi connectivity index (χ2n) is 6.69. The van der Waals surface area contributed by atoms with Gasteiger partial charge >= 0.3 is 0 Å². The van der Waals surface area contributed by atoms with Crippen molar-refractivity contribution in [2.75, 3.05) is 6.54 Å². The Morgan fingerprint density at radius 3 is 2.26 bits per heavy atom. The van der Waals surface area contributed by atoms with Gasteiger partial charge in [0, 0.05) is 21.2 Å². The highest BCUT2D eigenvalue weighted by molar-refractivity contribution is 9.10. The molecule has 1 N–H and O–H groups in total. The summed E-state index contributed by atoms with van der Waals surface area (Å²) < 4.78 is 28.5. The van der Waals surface area contributed by atoms with Crippen molar-refractivity contribution in [3.05, 3.63) is 58.6 Å². The first-order valence-electron chi connectivity index (χ1n) is 9.39. The Bertz CT molecular complexity index is 790. The lowest BCUT2D eigenvalue weighted by molar-refractivity contribution is 0.570. The minimum absolute atomic E-state index is 0.333. The fourth-order valence-corrected chi connectivity index (χ4v) is 5.32. The summed E-state index contributed by atoms with van der Waals surface area (Å²) in [6, 6.07) is 15.4. The van der Waals surface area contributed by atoms with Gasteiger partial charge in [-0.3, -0.25) is 0 Å². The Balaban J connectivity index is 1.85. The van der Waals surface area contributed by atoms with Crippen LogP contribution >= 0.6 is 27.7 Å². The molecule has 1 atom stereocenters. The van der Waals surface area contributed by atoms with Crippen molar-refractivity contribution in [2.24, 2.45) is 0 Å². The monoisotopic (exact) mass is 469 g/mol. The first kappa shape index (κ1) is 22.5. The van der Waals surface area contributed by atoms with Gasteiger partial charge in [0.1, 0.15) is 0 Å². The van der Waals surface area contributed by atoms with Gasteiger partial charge in [0.15, 0.2) is 0 Å². The maximum atomic E-state index is 12.4. The molecule has 0 heterocycles. The second-order valence-corrected chi connectivity index (χ2v) is 10.7. The average molecular weight is 470 g/mol. The van der Waals surface area contributed by atoms with Gasteiger partial charge in [-0.25, -0.2) is 13.1 Å². The second kappa shape index (κ2) is 11.2. The molecule has 0 fully saturated rings. The van der Waals surface area contributed by atoms with Gasteiger partial charge in [-0.2, -0.15) is 0 Å². The first-order valence-corrected chi connectivity index (χ1v) is 12.5. The molecule has 2 aromatic carbocycles. The van der Waals surface area contributed by atoms with Crippen molar-refractivity contribution >= 4 is 37.7 Å². The van der Waals surface area contributed by atoms with Gasteiger partial charge in [0.05, 0.1) is 4.90 Å². The Hall–Kier alpha value is -0.820. The lowest BCUT2D eigenvalue weighted by atomic mass is 10.1. The van der Waals surface area contributed by atoms with E-state index in [-0.39, 0.29) is 0 Å². The lowest BCUT2D eigenvalue weighted by Gasteiger charge is -2.16. The summed E-state index contributed by atoms with van der Waals surface area (Å²) in [5, 5.41) is 0.509. The van der Waals surface area contributed by atoms with Crippen LogP contribution in [-0.2, 0) is 10.0 Å². The maximum absolute atomic E-state index is 12.4. The van der Waals surface area contributed by atoms with Crippen LogP contribution in [0.4, 0.5) is 0 Å². The molecular weight excluding hydrogens is 442 g/mol. The summed E-state index contributed by atoms with van der Waals surface area (Å²) in [5.74, 6) is 0. The zero-order valence-electron chi connectivity index (χ0n) is 15.9. The third-order valence-corrected chi connectivity index (χ3v) is 7.68. The lowest BCUT2D eigenvalue weighted by Crippen LogP contribution is -2.25. The quantitative estimate of drug-likeness (QED) is 0.316. The number of halogens is 1. The number of hydrogen-bond donors (Lipinski definition) is 1. The zero-order chi connectivity index (χ0) is 19.7. The van der Waals surface area contributed by atoms with Crippen molar-refractivity contribution in [2.45, 2.75) is 61.0 Å². The molecule has 0 saturated heterocycles. The van der Waals surface area contributed by atoms with Crippen molar-refractivity contribution < 1.29 is 8.42 Å². The molecule has 0 aliphatic rings. The molecular formula is C21H28BrNO2S2. The molecule has 0 spiro atoms. The summed E-state index contributed by atoms with van der Waals surface area (Å²) in [7, 11) is -3.42. The highest BCUT2D eigenvalue weighted by atomic mass is 79.9. The van der Waals surface area contributed by atoms with E-state index in [9.17, 15) is 8.42 Å². The molecule has 0 aromatic heterocycles. The molecule has 0 saturated carbocycles. The predicted molar refractivity (Wildman–Crippen MR) is 119 cm³/mol. The molecule has 0 aliphatic heterocycles. The topological polar surface area (TPSA) is 46.2 Å². The summed E-state index contributed by atoms with van der Waals surface area (Å²) in [6.45, 7) is 4.63. The van der Waals surface area contributed by atoms with Gasteiger partial charge in [0.25, 0.3) is 0 Å². The fourth-order valence-electron chi connectivity index (χ4n) is 2.74. The third-order valence-electron chi connectivity index (χ3n) is 4.32. The van der Waals surface area contributed by atoms with Crippen LogP contribution in [0.5, 0.6) is 0 Å². The van der Waals surface area contributed by atoms with Crippen LogP contribution in [0.2, 0.25) is 0 Å². The van der Waals surface area contributed by atoms with Gasteiger partial charge in [-0.1, -0.05) is 53.4 Å². The van der Waals surface area contributed by atoms with Crippen molar-refractivity contribution in [3.63, 3.8) is 0 Å². The smallest absolute Gasteiger partial charge is 0.211 e. The van der Waals surface area contributed by atoms with Crippen LogP contribution in [0.25, 0.3) is 0 Å². The number of thioether (sulfide) groups is 1. The van der Waals surface area contributed by atoms with E-state index < -0.39 is 10.0 Å². The number of aryl methyl sites for hydroxylation is 1. The molecule has 2 aromatic rings. The summed E-state index contributed by atoms with van der Waals surface area (Å²) >= 11 is 5.37. The summed E-state index contributed by atoms with van der Waals surface area (Å²) in [6.07, 6.45) is 5.36. The van der Waals surface area contributed by atoms with E-state index in [1.54, 1.807) is 12.1 Å². The van der Waals surface area contributed by atoms with Crippen LogP contribution in [0.1, 0.15) is 44.6 Å². The van der Waals surface area contributed by atoms with E-state index in [0.717, 1.165) is 29.3 Å². The molecule has 0 bridgehead atoms. The van der Waals surface area contributed by atoms with E-state index in [2.05, 4.69) is 51.8 Å². The van der Waals surface area contributed by atoms with E-state index in [0.29, 0.717) is 16.7 Å². The van der Waals surface area contributed by atoms with Crippen LogP contribution in [0.15, 0.2) is 62.8 Å². The molecule has 148 valence electrons. The molecule has 0 radical (unpaired) electrons. The van der Waals surface area contributed by atoms with Crippen molar-refractivity contribution in [1.29, 1.82) is 0 Å². The zero-order valence-corrected chi connectivity index (χ0v) is 19.2. The molecule has 3 nitrogen and oxygen atoms in total. The Morgan fingerprint density at radius 2 is 1.63 bits per heavy atom. The van der Waals surface area contributed by atoms with Gasteiger partial charge in [0.2, 0.25) is 10.0 Å². The standard InChI is InChI=1S/C21H28BrNO2S2/c1-3-4-6-19(26-20-12-10-18(22)11-13-20)7-5-16-23-27(24,25)21-14-8-17(2)9-15-21/h8-15,19,23H,3-7,16H2,1-2H3. The van der Waals surface area contributed by atoms with Crippen molar-refractivity contribution in [1.82, 2.24) is 4.72 Å². The van der Waals surface area contributed by atoms with E-state index in [1.165, 1.54) is 17.7 Å². The largest absolute Gasteiger partial charge is 0.240 e.